The van der Waals surface area contributed by atoms with Gasteiger partial charge in [-0.2, -0.15) is 17.7 Å². The Balaban J connectivity index is 2.15. The third kappa shape index (κ3) is 2.85. The van der Waals surface area contributed by atoms with Crippen LogP contribution in [0.15, 0.2) is 54.9 Å². The second-order valence-corrected chi connectivity index (χ2v) is 4.85. The summed E-state index contributed by atoms with van der Waals surface area (Å²) in [5, 5.41) is 9.08. The molecule has 0 aliphatic heterocycles. The van der Waals surface area contributed by atoms with E-state index in [0.29, 0.717) is 16.7 Å². The Bertz CT molecular complexity index is 890. The number of halogens is 3. The molecule has 0 bridgehead atoms. The van der Waals surface area contributed by atoms with Gasteiger partial charge in [-0.05, 0) is 24.3 Å². The molecule has 3 rings (SSSR count). The molecule has 0 aliphatic carbocycles. The van der Waals surface area contributed by atoms with E-state index in [0.717, 1.165) is 12.1 Å². The first-order valence-corrected chi connectivity index (χ1v) is 6.57. The summed E-state index contributed by atoms with van der Waals surface area (Å²) >= 11 is 0. The summed E-state index contributed by atoms with van der Waals surface area (Å²) in [6, 6.07) is 9.03. The average molecular weight is 319 g/mol. The third-order valence-corrected chi connectivity index (χ3v) is 3.38. The Morgan fingerprint density at radius 1 is 1.09 bits per heavy atom. The summed E-state index contributed by atoms with van der Waals surface area (Å²) in [6.45, 7) is 0. The van der Waals surface area contributed by atoms with Crippen LogP contribution >= 0.6 is 0 Å². The third-order valence-electron chi connectivity index (χ3n) is 3.38. The van der Waals surface area contributed by atoms with Gasteiger partial charge in [-0.25, -0.2) is 9.78 Å². The van der Waals surface area contributed by atoms with Crippen LogP contribution in [0.2, 0.25) is 0 Å². The molecule has 1 heterocycles. The molecule has 0 fully saturated rings. The second-order valence-electron chi connectivity index (χ2n) is 4.85. The zero-order valence-electron chi connectivity index (χ0n) is 11.6. The maximum absolute atomic E-state index is 12.6. The van der Waals surface area contributed by atoms with Gasteiger partial charge >= 0.3 is 12.1 Å². The van der Waals surface area contributed by atoms with Crippen molar-refractivity contribution in [3.8, 4) is 5.69 Å². The van der Waals surface area contributed by atoms with Crippen LogP contribution in [0, 0.1) is 0 Å². The van der Waals surface area contributed by atoms with Crippen molar-refractivity contribution in [2.75, 3.05) is 0 Å². The fourth-order valence-electron chi connectivity index (χ4n) is 2.26. The molecule has 1 aromatic heterocycles. The smallest absolute Gasteiger partial charge is 0.416 e. The van der Waals surface area contributed by atoms with E-state index >= 15 is 0 Å². The summed E-state index contributed by atoms with van der Waals surface area (Å²) in [5.41, 5.74) is 0.843. The van der Waals surface area contributed by atoms with Gasteiger partial charge in [-0.3, -0.25) is 0 Å². The standard InChI is InChI=1S/C16H9F3N2O2/c17-16(18,19)11-2-4-12(5-3-11)21-8-7-20-13-6-1-10(15(22)23)9-14(13)21/h1-9H/p+1. The number of aromatic nitrogens is 2. The minimum Gasteiger partial charge on any atom is -0.478 e. The molecule has 4 nitrogen and oxygen atoms in total. The first-order valence-electron chi connectivity index (χ1n) is 6.57. The van der Waals surface area contributed by atoms with E-state index in [1.54, 1.807) is 16.8 Å². The molecule has 0 aliphatic rings. The van der Waals surface area contributed by atoms with Crippen molar-refractivity contribution in [2.24, 2.45) is 0 Å². The van der Waals surface area contributed by atoms with Gasteiger partial charge in [0.25, 0.3) is 0 Å². The van der Waals surface area contributed by atoms with E-state index in [9.17, 15) is 18.0 Å². The van der Waals surface area contributed by atoms with Crippen molar-refractivity contribution in [1.82, 2.24) is 4.98 Å². The fourth-order valence-corrected chi connectivity index (χ4v) is 2.26. The maximum Gasteiger partial charge on any atom is 0.416 e. The van der Waals surface area contributed by atoms with Crippen LogP contribution in [0.4, 0.5) is 13.2 Å². The van der Waals surface area contributed by atoms with E-state index in [1.807, 2.05) is 0 Å². The zero-order valence-corrected chi connectivity index (χ0v) is 11.6. The molecule has 0 spiro atoms. The molecule has 23 heavy (non-hydrogen) atoms. The van der Waals surface area contributed by atoms with Crippen LogP contribution in [0.3, 0.4) is 0 Å². The number of fused-ring (bicyclic) bond motifs is 1. The van der Waals surface area contributed by atoms with Gasteiger partial charge < -0.3 is 5.11 Å². The van der Waals surface area contributed by atoms with Gasteiger partial charge in [0.2, 0.25) is 11.2 Å². The Kier molecular flexibility index (Phi) is 3.48. The normalized spacial score (nSPS) is 11.6. The minimum absolute atomic E-state index is 0.0751. The molecular formula is C16H10F3N2O2+. The van der Waals surface area contributed by atoms with Crippen molar-refractivity contribution in [1.29, 1.82) is 0 Å². The Morgan fingerprint density at radius 2 is 1.78 bits per heavy atom. The lowest BCUT2D eigenvalue weighted by Gasteiger charge is -2.06. The Hall–Kier alpha value is -2.96. The molecule has 0 amide bonds. The topological polar surface area (TPSA) is 54.1 Å². The molecule has 1 N–H and O–H groups in total. The summed E-state index contributed by atoms with van der Waals surface area (Å²) in [4.78, 5) is 15.2. The first-order chi connectivity index (χ1) is 10.9. The Morgan fingerprint density at radius 3 is 2.39 bits per heavy atom. The summed E-state index contributed by atoms with van der Waals surface area (Å²) < 4.78 is 39.5. The van der Waals surface area contributed by atoms with Crippen LogP contribution in [0.25, 0.3) is 16.7 Å². The number of aromatic carboxylic acids is 1. The predicted octanol–water partition coefficient (Wildman–Crippen LogP) is 3.23. The molecule has 0 radical (unpaired) electrons. The molecule has 0 unspecified atom stereocenters. The number of carboxylic acids is 1. The largest absolute Gasteiger partial charge is 0.478 e. The quantitative estimate of drug-likeness (QED) is 0.738. The monoisotopic (exact) mass is 319 g/mol. The van der Waals surface area contributed by atoms with Gasteiger partial charge in [0.15, 0.2) is 6.20 Å². The lowest BCUT2D eigenvalue weighted by Crippen LogP contribution is -2.31. The van der Waals surface area contributed by atoms with Crippen molar-refractivity contribution >= 4 is 17.0 Å². The van der Waals surface area contributed by atoms with E-state index in [-0.39, 0.29) is 5.56 Å². The molecule has 2 aromatic carbocycles. The van der Waals surface area contributed by atoms with Crippen molar-refractivity contribution in [3.63, 3.8) is 0 Å². The first kappa shape index (κ1) is 15.0. The highest BCUT2D eigenvalue weighted by Crippen LogP contribution is 2.29. The molecule has 0 saturated carbocycles. The number of carbonyl (C=O) groups is 1. The summed E-state index contributed by atoms with van der Waals surface area (Å²) in [6.07, 6.45) is -1.34. The van der Waals surface area contributed by atoms with Crippen LogP contribution in [-0.2, 0) is 6.18 Å². The average Bonchev–Trinajstić information content (AvgIpc) is 2.53. The predicted molar refractivity (Wildman–Crippen MR) is 75.2 cm³/mol. The highest BCUT2D eigenvalue weighted by atomic mass is 19.4. The van der Waals surface area contributed by atoms with Gasteiger partial charge in [0.05, 0.1) is 17.3 Å². The van der Waals surface area contributed by atoms with Crippen LogP contribution in [-0.4, -0.2) is 16.1 Å². The molecule has 7 heteroatoms. The van der Waals surface area contributed by atoms with Crippen LogP contribution in [0.1, 0.15) is 15.9 Å². The number of alkyl halides is 3. The van der Waals surface area contributed by atoms with Crippen LogP contribution in [0.5, 0.6) is 0 Å². The molecule has 0 saturated heterocycles. The van der Waals surface area contributed by atoms with E-state index in [1.165, 1.54) is 30.5 Å². The number of hydrogen-bond acceptors (Lipinski definition) is 2. The number of hydrogen-bond donors (Lipinski definition) is 1. The number of rotatable bonds is 2. The SMILES string of the molecule is O=C(O)c1ccc2ncc[n+](-c3ccc(C(F)(F)F)cc3)c2c1. The lowest BCUT2D eigenvalue weighted by atomic mass is 10.1. The molecule has 0 atom stereocenters. The van der Waals surface area contributed by atoms with E-state index in [2.05, 4.69) is 4.98 Å². The van der Waals surface area contributed by atoms with E-state index in [4.69, 9.17) is 5.11 Å². The van der Waals surface area contributed by atoms with Crippen molar-refractivity contribution in [3.05, 3.63) is 66.0 Å². The maximum atomic E-state index is 12.6. The van der Waals surface area contributed by atoms with Gasteiger partial charge in [-0.15, -0.1) is 0 Å². The van der Waals surface area contributed by atoms with Gasteiger partial charge in [-0.1, -0.05) is 0 Å². The number of benzene rings is 2. The molecular weight excluding hydrogens is 309 g/mol. The number of carboxylic acid groups (broad SMARTS) is 1. The van der Waals surface area contributed by atoms with Gasteiger partial charge in [0, 0.05) is 18.2 Å². The minimum atomic E-state index is -4.40. The second kappa shape index (κ2) is 5.35. The highest BCUT2D eigenvalue weighted by molar-refractivity contribution is 5.91. The fraction of sp³-hybridized carbons (Fsp3) is 0.0625. The lowest BCUT2D eigenvalue weighted by molar-refractivity contribution is -0.567. The number of nitrogens with zero attached hydrogens (tertiary/aromatic N) is 2. The zero-order chi connectivity index (χ0) is 16.6. The Labute approximate surface area is 128 Å². The summed E-state index contributed by atoms with van der Waals surface area (Å²) in [5.74, 6) is -1.09. The van der Waals surface area contributed by atoms with Crippen molar-refractivity contribution < 1.29 is 27.6 Å². The highest BCUT2D eigenvalue weighted by Gasteiger charge is 2.30. The molecule has 3 aromatic rings. The van der Waals surface area contributed by atoms with Crippen molar-refractivity contribution in [2.45, 2.75) is 6.18 Å². The summed E-state index contributed by atoms with van der Waals surface area (Å²) in [7, 11) is 0. The van der Waals surface area contributed by atoms with Gasteiger partial charge in [0.1, 0.15) is 5.52 Å². The van der Waals surface area contributed by atoms with E-state index < -0.39 is 17.7 Å². The van der Waals surface area contributed by atoms with Crippen LogP contribution < -0.4 is 4.57 Å². The molecule has 116 valence electrons.